The average molecular weight is 277 g/mol. The number of ether oxygens (including phenoxy) is 1. The number of carbonyl (C=O) groups is 1. The van der Waals surface area contributed by atoms with Crippen LogP contribution in [0.2, 0.25) is 0 Å². The van der Waals surface area contributed by atoms with Crippen molar-refractivity contribution in [1.29, 1.82) is 0 Å². The molecule has 1 amide bonds. The van der Waals surface area contributed by atoms with Crippen molar-refractivity contribution in [1.82, 2.24) is 5.32 Å². The maximum absolute atomic E-state index is 12.7. The van der Waals surface area contributed by atoms with Gasteiger partial charge in [-0.05, 0) is 26.0 Å². The van der Waals surface area contributed by atoms with Crippen molar-refractivity contribution in [3.8, 4) is 5.75 Å². The van der Waals surface area contributed by atoms with Crippen molar-refractivity contribution in [2.45, 2.75) is 19.9 Å². The Kier molecular flexibility index (Phi) is 4.08. The van der Waals surface area contributed by atoms with Crippen molar-refractivity contribution < 1.29 is 18.3 Å². The molecule has 0 aliphatic heterocycles. The van der Waals surface area contributed by atoms with Crippen molar-refractivity contribution in [2.75, 3.05) is 6.61 Å². The fourth-order valence-corrected chi connectivity index (χ4v) is 1.88. The predicted molar refractivity (Wildman–Crippen MR) is 74.2 cm³/mol. The van der Waals surface area contributed by atoms with Gasteiger partial charge in [0.2, 0.25) is 0 Å². The molecule has 0 fully saturated rings. The van der Waals surface area contributed by atoms with Crippen LogP contribution < -0.4 is 10.1 Å². The molecule has 1 aromatic heterocycles. The summed E-state index contributed by atoms with van der Waals surface area (Å²) in [6.45, 7) is 7.08. The molecule has 1 heterocycles. The summed E-state index contributed by atoms with van der Waals surface area (Å²) in [6, 6.07) is 6.89. The Hall–Kier alpha value is -2.30. The third-order valence-corrected chi connectivity index (χ3v) is 2.85. The van der Waals surface area contributed by atoms with Crippen LogP contribution in [-0.4, -0.2) is 12.5 Å². The fraction of sp³-hybridized carbons (Fsp3) is 0.267. The van der Waals surface area contributed by atoms with E-state index in [2.05, 4.69) is 11.9 Å². The van der Waals surface area contributed by atoms with Gasteiger partial charge in [0.05, 0.1) is 12.6 Å². The van der Waals surface area contributed by atoms with Gasteiger partial charge in [0.15, 0.2) is 17.2 Å². The lowest BCUT2D eigenvalue weighted by atomic mass is 10.2. The Labute approximate surface area is 116 Å². The smallest absolute Gasteiger partial charge is 0.279 e. The second kappa shape index (κ2) is 5.77. The lowest BCUT2D eigenvalue weighted by molar-refractivity contribution is -0.119. The molecule has 1 aromatic carbocycles. The largest absolute Gasteiger partial charge is 0.490 e. The summed E-state index contributed by atoms with van der Waals surface area (Å²) in [5.41, 5.74) is 0.615. The molecule has 0 spiro atoms. The zero-order chi connectivity index (χ0) is 14.7. The molecule has 106 valence electrons. The highest BCUT2D eigenvalue weighted by molar-refractivity contribution is 5.91. The van der Waals surface area contributed by atoms with Gasteiger partial charge in [-0.15, -0.1) is 0 Å². The summed E-state index contributed by atoms with van der Waals surface area (Å²) in [4.78, 5) is 11.3. The fourth-order valence-electron chi connectivity index (χ4n) is 1.88. The van der Waals surface area contributed by atoms with Crippen LogP contribution in [0.5, 0.6) is 5.75 Å². The van der Waals surface area contributed by atoms with E-state index in [-0.39, 0.29) is 0 Å². The Bertz CT molecular complexity index is 648. The second-order valence-corrected chi connectivity index (χ2v) is 4.36. The van der Waals surface area contributed by atoms with Crippen molar-refractivity contribution in [3.05, 3.63) is 42.4 Å². The number of halogens is 1. The predicted octanol–water partition coefficient (Wildman–Crippen LogP) is 3.49. The Morgan fingerprint density at radius 1 is 1.55 bits per heavy atom. The molecule has 2 aromatic rings. The van der Waals surface area contributed by atoms with Gasteiger partial charge in [-0.1, -0.05) is 18.7 Å². The number of benzene rings is 1. The molecule has 0 saturated heterocycles. The summed E-state index contributed by atoms with van der Waals surface area (Å²) in [5.74, 6) is -0.697. The molecular formula is C15H16FNO3. The number of hydrogen-bond donors (Lipinski definition) is 1. The first kappa shape index (κ1) is 14.1. The van der Waals surface area contributed by atoms with Gasteiger partial charge in [0, 0.05) is 5.39 Å². The van der Waals surface area contributed by atoms with Crippen LogP contribution in [0.25, 0.3) is 11.0 Å². The molecule has 4 nitrogen and oxygen atoms in total. The molecule has 1 atom stereocenters. The normalized spacial score (nSPS) is 12.2. The number of rotatable bonds is 5. The summed E-state index contributed by atoms with van der Waals surface area (Å²) in [5, 5.41) is 3.33. The lowest BCUT2D eigenvalue weighted by Crippen LogP contribution is -2.26. The minimum Gasteiger partial charge on any atom is -0.490 e. The maximum atomic E-state index is 12.7. The number of hydrogen-bond acceptors (Lipinski definition) is 3. The van der Waals surface area contributed by atoms with E-state index in [0.29, 0.717) is 23.7 Å². The zero-order valence-electron chi connectivity index (χ0n) is 11.4. The molecule has 0 aliphatic rings. The Morgan fingerprint density at radius 2 is 2.30 bits per heavy atom. The van der Waals surface area contributed by atoms with Gasteiger partial charge < -0.3 is 14.5 Å². The second-order valence-electron chi connectivity index (χ2n) is 4.36. The van der Waals surface area contributed by atoms with E-state index in [0.717, 1.165) is 5.39 Å². The molecule has 1 unspecified atom stereocenters. The molecular weight excluding hydrogens is 261 g/mol. The van der Waals surface area contributed by atoms with Crippen molar-refractivity contribution in [3.63, 3.8) is 0 Å². The molecule has 5 heteroatoms. The van der Waals surface area contributed by atoms with E-state index < -0.39 is 17.8 Å². The molecule has 0 saturated carbocycles. The first-order chi connectivity index (χ1) is 9.52. The van der Waals surface area contributed by atoms with Gasteiger partial charge in [-0.2, -0.15) is 0 Å². The number of amides is 1. The van der Waals surface area contributed by atoms with Gasteiger partial charge in [-0.3, -0.25) is 4.79 Å². The van der Waals surface area contributed by atoms with E-state index in [4.69, 9.17) is 9.15 Å². The van der Waals surface area contributed by atoms with E-state index in [1.54, 1.807) is 13.0 Å². The zero-order valence-corrected chi connectivity index (χ0v) is 11.4. The molecule has 0 aliphatic carbocycles. The monoisotopic (exact) mass is 277 g/mol. The van der Waals surface area contributed by atoms with Gasteiger partial charge in [-0.25, -0.2) is 4.39 Å². The van der Waals surface area contributed by atoms with Gasteiger partial charge in [0.1, 0.15) is 5.76 Å². The lowest BCUT2D eigenvalue weighted by Gasteiger charge is -2.09. The van der Waals surface area contributed by atoms with Gasteiger partial charge in [0.25, 0.3) is 5.91 Å². The van der Waals surface area contributed by atoms with E-state index in [1.165, 1.54) is 0 Å². The van der Waals surface area contributed by atoms with Crippen LogP contribution in [0.15, 0.2) is 41.1 Å². The van der Waals surface area contributed by atoms with Crippen molar-refractivity contribution >= 4 is 16.9 Å². The SMILES string of the molecule is C=C(F)C(=O)NC(C)c1cc2cccc(OCC)c2o1. The minimum absolute atomic E-state index is 0.461. The van der Waals surface area contributed by atoms with Crippen molar-refractivity contribution in [2.24, 2.45) is 0 Å². The highest BCUT2D eigenvalue weighted by Crippen LogP contribution is 2.31. The van der Waals surface area contributed by atoms with E-state index >= 15 is 0 Å². The Morgan fingerprint density at radius 3 is 2.95 bits per heavy atom. The molecule has 0 bridgehead atoms. The summed E-state index contributed by atoms with van der Waals surface area (Å²) in [7, 11) is 0. The van der Waals surface area contributed by atoms with E-state index in [9.17, 15) is 9.18 Å². The van der Waals surface area contributed by atoms with Crippen LogP contribution in [0.3, 0.4) is 0 Å². The molecule has 20 heavy (non-hydrogen) atoms. The first-order valence-electron chi connectivity index (χ1n) is 6.33. The quantitative estimate of drug-likeness (QED) is 0.851. The highest BCUT2D eigenvalue weighted by Gasteiger charge is 2.17. The minimum atomic E-state index is -1.03. The molecule has 2 rings (SSSR count). The van der Waals surface area contributed by atoms with Crippen LogP contribution in [0.4, 0.5) is 4.39 Å². The first-order valence-corrected chi connectivity index (χ1v) is 6.33. The highest BCUT2D eigenvalue weighted by atomic mass is 19.1. The van der Waals surface area contributed by atoms with Crippen LogP contribution in [0.1, 0.15) is 25.6 Å². The number of furan rings is 1. The topological polar surface area (TPSA) is 51.5 Å². The number of carbonyl (C=O) groups excluding carboxylic acids is 1. The maximum Gasteiger partial charge on any atom is 0.279 e. The van der Waals surface area contributed by atoms with E-state index in [1.807, 2.05) is 25.1 Å². The van der Waals surface area contributed by atoms with Crippen LogP contribution in [-0.2, 0) is 4.79 Å². The van der Waals surface area contributed by atoms with Gasteiger partial charge >= 0.3 is 0 Å². The molecule has 1 N–H and O–H groups in total. The Balaban J connectivity index is 2.29. The third-order valence-electron chi connectivity index (χ3n) is 2.85. The number of para-hydroxylation sites is 1. The number of fused-ring (bicyclic) bond motifs is 1. The third kappa shape index (κ3) is 2.82. The van der Waals surface area contributed by atoms with Crippen LogP contribution >= 0.6 is 0 Å². The van der Waals surface area contributed by atoms with Crippen LogP contribution in [0, 0.1) is 0 Å². The summed E-state index contributed by atoms with van der Waals surface area (Å²) >= 11 is 0. The molecule has 0 radical (unpaired) electrons. The average Bonchev–Trinajstić information content (AvgIpc) is 2.84. The standard InChI is InChI=1S/C15H16FNO3/c1-4-19-12-7-5-6-11-8-13(20-14(11)12)10(3)17-15(18)9(2)16/h5-8,10H,2,4H2,1,3H3,(H,17,18). The summed E-state index contributed by atoms with van der Waals surface area (Å²) in [6.07, 6.45) is 0. The number of nitrogens with one attached hydrogen (secondary N) is 1. The summed E-state index contributed by atoms with van der Waals surface area (Å²) < 4.78 is 23.9.